The summed E-state index contributed by atoms with van der Waals surface area (Å²) in [6, 6.07) is 1.96. The van der Waals surface area contributed by atoms with E-state index in [-0.39, 0.29) is 11.4 Å². The molecule has 0 radical (unpaired) electrons. The van der Waals surface area contributed by atoms with Crippen LogP contribution in [0.2, 0.25) is 0 Å². The van der Waals surface area contributed by atoms with Crippen LogP contribution in [0.25, 0.3) is 0 Å². The Morgan fingerprint density at radius 2 is 2.13 bits per heavy atom. The van der Waals surface area contributed by atoms with E-state index in [4.69, 9.17) is 0 Å². The van der Waals surface area contributed by atoms with E-state index < -0.39 is 0 Å². The van der Waals surface area contributed by atoms with Gasteiger partial charge in [0, 0.05) is 10.7 Å². The van der Waals surface area contributed by atoms with Gasteiger partial charge in [-0.2, -0.15) is 0 Å². The van der Waals surface area contributed by atoms with Gasteiger partial charge < -0.3 is 5.32 Å². The monoisotopic (exact) mass is 353 g/mol. The number of hydrogen-bond acceptors (Lipinski definition) is 2. The van der Waals surface area contributed by atoms with Gasteiger partial charge in [-0.3, -0.25) is 4.79 Å². The van der Waals surface area contributed by atoms with Crippen molar-refractivity contribution in [2.45, 2.75) is 19.4 Å². The molecule has 0 aliphatic rings. The smallest absolute Gasteiger partial charge is 0.262 e. The van der Waals surface area contributed by atoms with Gasteiger partial charge >= 0.3 is 0 Å². The van der Waals surface area contributed by atoms with E-state index in [1.54, 1.807) is 0 Å². The Labute approximate surface area is 111 Å². The lowest BCUT2D eigenvalue weighted by atomic mass is 10.1. The minimum absolute atomic E-state index is 0.00361. The van der Waals surface area contributed by atoms with Crippen molar-refractivity contribution in [2.24, 2.45) is 0 Å². The minimum Gasteiger partial charge on any atom is -0.344 e. The van der Waals surface area contributed by atoms with E-state index in [2.05, 4.69) is 37.2 Å². The van der Waals surface area contributed by atoms with Gasteiger partial charge in [0.05, 0.1) is 10.4 Å². The second-order valence-corrected chi connectivity index (χ2v) is 5.75. The van der Waals surface area contributed by atoms with Crippen LogP contribution in [0.15, 0.2) is 11.4 Å². The summed E-state index contributed by atoms with van der Waals surface area (Å²) < 4.78 is 0. The molecule has 1 N–H and O–H groups in total. The van der Waals surface area contributed by atoms with Gasteiger partial charge in [-0.15, -0.1) is 11.3 Å². The summed E-state index contributed by atoms with van der Waals surface area (Å²) in [6.45, 7) is 3.95. The first-order chi connectivity index (χ1) is 7.02. The molecule has 1 aromatic rings. The van der Waals surface area contributed by atoms with Crippen LogP contribution in [0.1, 0.15) is 22.2 Å². The lowest BCUT2D eigenvalue weighted by Gasteiger charge is -2.26. The number of aryl methyl sites for hydroxylation is 1. The SMILES string of the molecule is Cc1ccsc1C(=O)NC(C)(CBr)CBr. The highest BCUT2D eigenvalue weighted by molar-refractivity contribution is 9.09. The third kappa shape index (κ3) is 3.29. The molecule has 0 aliphatic heterocycles. The fourth-order valence-corrected chi connectivity index (χ4v) is 3.07. The number of alkyl halides is 2. The van der Waals surface area contributed by atoms with Crippen molar-refractivity contribution in [3.8, 4) is 0 Å². The predicted molar refractivity (Wildman–Crippen MR) is 72.5 cm³/mol. The van der Waals surface area contributed by atoms with Crippen LogP contribution in [0.5, 0.6) is 0 Å². The lowest BCUT2D eigenvalue weighted by Crippen LogP contribution is -2.48. The van der Waals surface area contributed by atoms with E-state index in [0.717, 1.165) is 21.1 Å². The van der Waals surface area contributed by atoms with Crippen LogP contribution >= 0.6 is 43.2 Å². The standard InChI is InChI=1S/C10H13Br2NOS/c1-7-3-4-15-8(7)9(14)13-10(2,5-11)6-12/h3-4H,5-6H2,1-2H3,(H,13,14). The molecule has 5 heteroatoms. The van der Waals surface area contributed by atoms with E-state index in [1.165, 1.54) is 11.3 Å². The molecule has 2 nitrogen and oxygen atoms in total. The van der Waals surface area contributed by atoms with Crippen LogP contribution in [0.4, 0.5) is 0 Å². The molecule has 84 valence electrons. The fourth-order valence-electron chi connectivity index (χ4n) is 1.04. The van der Waals surface area contributed by atoms with Gasteiger partial charge in [-0.25, -0.2) is 0 Å². The van der Waals surface area contributed by atoms with E-state index in [0.29, 0.717) is 0 Å². The zero-order valence-corrected chi connectivity index (χ0v) is 12.6. The van der Waals surface area contributed by atoms with Crippen molar-refractivity contribution in [2.75, 3.05) is 10.7 Å². The Morgan fingerprint density at radius 1 is 1.53 bits per heavy atom. The Bertz CT molecular complexity index is 347. The van der Waals surface area contributed by atoms with Crippen molar-refractivity contribution in [3.05, 3.63) is 21.9 Å². The number of carbonyl (C=O) groups excluding carboxylic acids is 1. The number of carbonyl (C=O) groups is 1. The molecule has 0 saturated carbocycles. The number of rotatable bonds is 4. The van der Waals surface area contributed by atoms with Crippen LogP contribution in [0, 0.1) is 6.92 Å². The molecule has 15 heavy (non-hydrogen) atoms. The first kappa shape index (κ1) is 13.2. The van der Waals surface area contributed by atoms with Crippen molar-refractivity contribution in [3.63, 3.8) is 0 Å². The average molecular weight is 355 g/mol. The van der Waals surface area contributed by atoms with Crippen molar-refractivity contribution >= 4 is 49.1 Å². The van der Waals surface area contributed by atoms with Crippen LogP contribution < -0.4 is 5.32 Å². The lowest BCUT2D eigenvalue weighted by molar-refractivity contribution is 0.0926. The second kappa shape index (κ2) is 5.46. The van der Waals surface area contributed by atoms with Crippen LogP contribution in [0.3, 0.4) is 0 Å². The summed E-state index contributed by atoms with van der Waals surface area (Å²) in [5, 5.41) is 6.40. The quantitative estimate of drug-likeness (QED) is 0.825. The molecule has 1 heterocycles. The third-order valence-electron chi connectivity index (χ3n) is 2.07. The van der Waals surface area contributed by atoms with Crippen LogP contribution in [-0.4, -0.2) is 22.1 Å². The molecule has 0 unspecified atom stereocenters. The highest BCUT2D eigenvalue weighted by Crippen LogP contribution is 2.18. The Kier molecular flexibility index (Phi) is 4.80. The normalized spacial score (nSPS) is 11.5. The molecular weight excluding hydrogens is 342 g/mol. The highest BCUT2D eigenvalue weighted by Gasteiger charge is 2.25. The first-order valence-electron chi connectivity index (χ1n) is 4.51. The molecule has 0 bridgehead atoms. The van der Waals surface area contributed by atoms with Gasteiger partial charge in [0.2, 0.25) is 0 Å². The Balaban J connectivity index is 2.76. The molecule has 0 aliphatic carbocycles. The number of hydrogen-bond donors (Lipinski definition) is 1. The van der Waals surface area contributed by atoms with E-state index in [1.807, 2.05) is 25.3 Å². The average Bonchev–Trinajstić information content (AvgIpc) is 2.64. The maximum absolute atomic E-state index is 11.9. The summed E-state index contributed by atoms with van der Waals surface area (Å²) in [7, 11) is 0. The van der Waals surface area contributed by atoms with Crippen molar-refractivity contribution in [1.82, 2.24) is 5.32 Å². The maximum Gasteiger partial charge on any atom is 0.262 e. The molecule has 0 aromatic carbocycles. The van der Waals surface area contributed by atoms with E-state index in [9.17, 15) is 4.79 Å². The van der Waals surface area contributed by atoms with Gasteiger partial charge in [-0.1, -0.05) is 31.9 Å². The number of halogens is 2. The summed E-state index contributed by atoms with van der Waals surface area (Å²) in [5.41, 5.74) is 0.789. The highest BCUT2D eigenvalue weighted by atomic mass is 79.9. The summed E-state index contributed by atoms with van der Waals surface area (Å²) in [4.78, 5) is 12.7. The van der Waals surface area contributed by atoms with Gasteiger partial charge in [0.1, 0.15) is 0 Å². The molecule has 0 atom stereocenters. The first-order valence-corrected chi connectivity index (χ1v) is 7.63. The molecular formula is C10H13Br2NOS. The topological polar surface area (TPSA) is 29.1 Å². The molecule has 0 saturated heterocycles. The minimum atomic E-state index is -0.243. The zero-order chi connectivity index (χ0) is 11.5. The van der Waals surface area contributed by atoms with Crippen molar-refractivity contribution < 1.29 is 4.79 Å². The Morgan fingerprint density at radius 3 is 2.53 bits per heavy atom. The summed E-state index contributed by atoms with van der Waals surface area (Å²) in [5.74, 6) is 0.00361. The third-order valence-corrected chi connectivity index (χ3v) is 5.56. The molecule has 1 aromatic heterocycles. The Hall–Kier alpha value is 0.130. The predicted octanol–water partition coefficient (Wildman–Crippen LogP) is 3.33. The number of nitrogens with one attached hydrogen (secondary N) is 1. The summed E-state index contributed by atoms with van der Waals surface area (Å²) in [6.07, 6.45) is 0. The molecule has 0 fully saturated rings. The largest absolute Gasteiger partial charge is 0.344 e. The number of thiophene rings is 1. The van der Waals surface area contributed by atoms with Crippen molar-refractivity contribution in [1.29, 1.82) is 0 Å². The van der Waals surface area contributed by atoms with Gasteiger partial charge in [-0.05, 0) is 30.9 Å². The second-order valence-electron chi connectivity index (χ2n) is 3.71. The van der Waals surface area contributed by atoms with Gasteiger partial charge in [0.15, 0.2) is 0 Å². The van der Waals surface area contributed by atoms with Crippen LogP contribution in [-0.2, 0) is 0 Å². The van der Waals surface area contributed by atoms with E-state index >= 15 is 0 Å². The molecule has 1 amide bonds. The summed E-state index contributed by atoms with van der Waals surface area (Å²) >= 11 is 8.28. The molecule has 1 rings (SSSR count). The van der Waals surface area contributed by atoms with Gasteiger partial charge in [0.25, 0.3) is 5.91 Å². The number of amides is 1. The zero-order valence-electron chi connectivity index (χ0n) is 8.64. The fraction of sp³-hybridized carbons (Fsp3) is 0.500. The molecule has 0 spiro atoms. The maximum atomic E-state index is 11.9.